The third kappa shape index (κ3) is 6.58. The SMILES string of the molecule is C[C@@H](N[C@@H]1[C@@H](O)CCCC1(F)F)c1ccccc1.O=C(O)C(F)(F)F. The van der Waals surface area contributed by atoms with Gasteiger partial charge in [0.2, 0.25) is 0 Å². The van der Waals surface area contributed by atoms with Crippen LogP contribution in [-0.4, -0.2) is 40.4 Å². The molecule has 0 aromatic heterocycles. The van der Waals surface area contributed by atoms with Gasteiger partial charge in [-0.25, -0.2) is 13.6 Å². The molecule has 1 aliphatic rings. The molecule has 0 unspecified atom stereocenters. The van der Waals surface area contributed by atoms with Crippen molar-refractivity contribution in [1.82, 2.24) is 5.32 Å². The fraction of sp³-hybridized carbons (Fsp3) is 0.562. The van der Waals surface area contributed by atoms with E-state index in [1.807, 2.05) is 37.3 Å². The highest BCUT2D eigenvalue weighted by Crippen LogP contribution is 2.35. The highest BCUT2D eigenvalue weighted by molar-refractivity contribution is 5.73. The number of hydrogen-bond acceptors (Lipinski definition) is 3. The molecule has 0 saturated heterocycles. The van der Waals surface area contributed by atoms with Gasteiger partial charge in [-0.05, 0) is 25.3 Å². The monoisotopic (exact) mass is 369 g/mol. The molecule has 1 aromatic rings. The van der Waals surface area contributed by atoms with Gasteiger partial charge in [0.25, 0.3) is 5.92 Å². The highest BCUT2D eigenvalue weighted by atomic mass is 19.4. The number of aliphatic carboxylic acids is 1. The van der Waals surface area contributed by atoms with Crippen molar-refractivity contribution in [1.29, 1.82) is 0 Å². The van der Waals surface area contributed by atoms with Gasteiger partial charge in [-0.3, -0.25) is 5.32 Å². The first kappa shape index (κ1) is 21.3. The second-order valence-corrected chi connectivity index (χ2v) is 5.80. The van der Waals surface area contributed by atoms with Gasteiger partial charge < -0.3 is 10.2 Å². The summed E-state index contributed by atoms with van der Waals surface area (Å²) >= 11 is 0. The van der Waals surface area contributed by atoms with Gasteiger partial charge in [0.05, 0.1) is 12.1 Å². The number of aliphatic hydroxyl groups excluding tert-OH is 1. The zero-order valence-corrected chi connectivity index (χ0v) is 13.4. The van der Waals surface area contributed by atoms with Crippen LogP contribution >= 0.6 is 0 Å². The molecule has 9 heteroatoms. The van der Waals surface area contributed by atoms with E-state index >= 15 is 0 Å². The summed E-state index contributed by atoms with van der Waals surface area (Å²) in [5.41, 5.74) is 0.950. The van der Waals surface area contributed by atoms with Crippen LogP contribution in [0.15, 0.2) is 30.3 Å². The number of nitrogens with one attached hydrogen (secondary N) is 1. The van der Waals surface area contributed by atoms with Crippen molar-refractivity contribution in [2.45, 2.75) is 56.5 Å². The van der Waals surface area contributed by atoms with Crippen molar-refractivity contribution in [2.24, 2.45) is 0 Å². The molecule has 1 fully saturated rings. The predicted molar refractivity (Wildman–Crippen MR) is 80.3 cm³/mol. The lowest BCUT2D eigenvalue weighted by Gasteiger charge is -2.37. The third-order valence-electron chi connectivity index (χ3n) is 3.82. The Balaban J connectivity index is 0.000000381. The summed E-state index contributed by atoms with van der Waals surface area (Å²) < 4.78 is 59.3. The minimum absolute atomic E-state index is 0.150. The van der Waals surface area contributed by atoms with E-state index in [4.69, 9.17) is 9.90 Å². The van der Waals surface area contributed by atoms with Crippen molar-refractivity contribution < 1.29 is 37.0 Å². The molecule has 3 N–H and O–H groups in total. The zero-order chi connectivity index (χ0) is 19.3. The van der Waals surface area contributed by atoms with Crippen molar-refractivity contribution in [3.63, 3.8) is 0 Å². The molecule has 0 spiro atoms. The van der Waals surface area contributed by atoms with Crippen LogP contribution in [0, 0.1) is 0 Å². The first-order chi connectivity index (χ1) is 11.4. The molecule has 0 aliphatic heterocycles. The van der Waals surface area contributed by atoms with Crippen molar-refractivity contribution in [2.75, 3.05) is 0 Å². The van der Waals surface area contributed by atoms with Gasteiger partial charge in [-0.15, -0.1) is 0 Å². The predicted octanol–water partition coefficient (Wildman–Crippen LogP) is 3.52. The van der Waals surface area contributed by atoms with Gasteiger partial charge >= 0.3 is 12.1 Å². The van der Waals surface area contributed by atoms with Crippen LogP contribution in [0.5, 0.6) is 0 Å². The van der Waals surface area contributed by atoms with Crippen molar-refractivity contribution in [3.05, 3.63) is 35.9 Å². The molecule has 25 heavy (non-hydrogen) atoms. The number of benzene rings is 1. The number of alkyl halides is 5. The molecule has 142 valence electrons. The Morgan fingerprint density at radius 1 is 1.28 bits per heavy atom. The molecule has 0 amide bonds. The van der Waals surface area contributed by atoms with Crippen LogP contribution in [0.1, 0.15) is 37.8 Å². The molecule has 2 rings (SSSR count). The average molecular weight is 369 g/mol. The van der Waals surface area contributed by atoms with E-state index in [-0.39, 0.29) is 12.5 Å². The van der Waals surface area contributed by atoms with Crippen molar-refractivity contribution in [3.8, 4) is 0 Å². The number of carboxylic acids is 1. The number of carboxylic acid groups (broad SMARTS) is 1. The Labute approximate surface area is 141 Å². The fourth-order valence-electron chi connectivity index (χ4n) is 2.49. The van der Waals surface area contributed by atoms with E-state index in [2.05, 4.69) is 5.32 Å². The molecular weight excluding hydrogens is 349 g/mol. The van der Waals surface area contributed by atoms with Crippen LogP contribution in [-0.2, 0) is 4.79 Å². The second-order valence-electron chi connectivity index (χ2n) is 5.80. The van der Waals surface area contributed by atoms with E-state index in [1.165, 1.54) is 0 Å². The minimum atomic E-state index is -5.08. The first-order valence-electron chi connectivity index (χ1n) is 7.62. The lowest BCUT2D eigenvalue weighted by Crippen LogP contribution is -2.55. The molecule has 3 atom stereocenters. The van der Waals surface area contributed by atoms with Gasteiger partial charge in [-0.2, -0.15) is 13.2 Å². The summed E-state index contributed by atoms with van der Waals surface area (Å²) in [7, 11) is 0. The van der Waals surface area contributed by atoms with E-state index in [0.29, 0.717) is 12.8 Å². The highest BCUT2D eigenvalue weighted by Gasteiger charge is 2.46. The van der Waals surface area contributed by atoms with Crippen LogP contribution in [0.4, 0.5) is 22.0 Å². The summed E-state index contributed by atoms with van der Waals surface area (Å²) in [4.78, 5) is 8.90. The van der Waals surface area contributed by atoms with Gasteiger partial charge in [-0.1, -0.05) is 30.3 Å². The second kappa shape index (κ2) is 8.57. The van der Waals surface area contributed by atoms with Crippen LogP contribution in [0.25, 0.3) is 0 Å². The quantitative estimate of drug-likeness (QED) is 0.713. The maximum absolute atomic E-state index is 13.8. The Morgan fingerprint density at radius 3 is 2.24 bits per heavy atom. The smallest absolute Gasteiger partial charge is 0.475 e. The maximum atomic E-state index is 13.8. The van der Waals surface area contributed by atoms with Gasteiger partial charge in [0.1, 0.15) is 0 Å². The molecule has 1 aromatic carbocycles. The summed E-state index contributed by atoms with van der Waals surface area (Å²) in [6.45, 7) is 1.84. The molecule has 4 nitrogen and oxygen atoms in total. The number of carbonyl (C=O) groups is 1. The van der Waals surface area contributed by atoms with E-state index in [9.17, 15) is 27.1 Å². The Morgan fingerprint density at radius 2 is 1.80 bits per heavy atom. The Hall–Kier alpha value is -1.74. The number of halogens is 5. The van der Waals surface area contributed by atoms with Crippen LogP contribution < -0.4 is 5.32 Å². The lowest BCUT2D eigenvalue weighted by molar-refractivity contribution is -0.192. The topological polar surface area (TPSA) is 69.6 Å². The number of aliphatic hydroxyl groups is 1. The molecule has 0 radical (unpaired) electrons. The third-order valence-corrected chi connectivity index (χ3v) is 3.82. The van der Waals surface area contributed by atoms with Crippen LogP contribution in [0.3, 0.4) is 0 Å². The summed E-state index contributed by atoms with van der Waals surface area (Å²) in [5, 5.41) is 19.8. The Bertz CT molecular complexity index is 550. The molecule has 1 aliphatic carbocycles. The zero-order valence-electron chi connectivity index (χ0n) is 13.4. The number of rotatable bonds is 3. The fourth-order valence-corrected chi connectivity index (χ4v) is 2.49. The van der Waals surface area contributed by atoms with E-state index < -0.39 is 30.2 Å². The molecule has 1 saturated carbocycles. The first-order valence-corrected chi connectivity index (χ1v) is 7.62. The summed E-state index contributed by atoms with van der Waals surface area (Å²) in [6.07, 6.45) is -5.38. The standard InChI is InChI=1S/C14H19F2NO.C2HF3O2/c1-10(11-6-3-2-4-7-11)17-13-12(18)8-5-9-14(13,15)16;3-2(4,5)1(6)7/h2-4,6-7,10,12-13,17-18H,5,8-9H2,1H3;(H,6,7)/t10-,12+,13-;/m1./s1. The van der Waals surface area contributed by atoms with Gasteiger partial charge in [0.15, 0.2) is 0 Å². The normalized spacial score (nSPS) is 24.0. The molecule has 0 bridgehead atoms. The largest absolute Gasteiger partial charge is 0.490 e. The van der Waals surface area contributed by atoms with Crippen LogP contribution in [0.2, 0.25) is 0 Å². The van der Waals surface area contributed by atoms with E-state index in [1.54, 1.807) is 0 Å². The average Bonchev–Trinajstić information content (AvgIpc) is 2.51. The van der Waals surface area contributed by atoms with Crippen molar-refractivity contribution >= 4 is 5.97 Å². The maximum Gasteiger partial charge on any atom is 0.490 e. The summed E-state index contributed by atoms with van der Waals surface area (Å²) in [5.74, 6) is -5.59. The lowest BCUT2D eigenvalue weighted by atomic mass is 9.88. The summed E-state index contributed by atoms with van der Waals surface area (Å²) in [6, 6.07) is 8.08. The minimum Gasteiger partial charge on any atom is -0.475 e. The number of hydrogen-bond donors (Lipinski definition) is 3. The molecule has 0 heterocycles. The molecular formula is C16H20F5NO3. The van der Waals surface area contributed by atoms with E-state index in [0.717, 1.165) is 5.56 Å². The Kier molecular flexibility index (Phi) is 7.30. The van der Waals surface area contributed by atoms with Gasteiger partial charge in [0, 0.05) is 12.5 Å².